The Labute approximate surface area is 488 Å². The fourth-order valence-electron chi connectivity index (χ4n) is 9.02. The largest absolute Gasteiger partial charge is 0.462 e. The third kappa shape index (κ3) is 64.5. The Morgan fingerprint density at radius 2 is 0.494 bits per heavy atom. The SMILES string of the molecule is CC/C=C\C/C=C\C/C=C\C/C=C\C/C=C\C/C=C\C/C=C\C/C=C\C/C=C\CCCCCCCC(=O)OCC(COC(=O)CCCCCCCCCCCCCCCC)OC(=O)CCCCCCC/C=C\CCCCCCC. The molecule has 0 aliphatic carbocycles. The van der Waals surface area contributed by atoms with Crippen molar-refractivity contribution >= 4 is 17.9 Å². The minimum absolute atomic E-state index is 0.0862. The Morgan fingerprint density at radius 1 is 0.266 bits per heavy atom. The van der Waals surface area contributed by atoms with Crippen LogP contribution in [0.1, 0.15) is 303 Å². The minimum atomic E-state index is -0.792. The molecule has 0 amide bonds. The molecule has 0 aromatic carbocycles. The van der Waals surface area contributed by atoms with Crippen LogP contribution in [0.5, 0.6) is 0 Å². The fraction of sp³-hybridized carbons (Fsp3) is 0.685. The Hall–Kier alpha value is -4.19. The van der Waals surface area contributed by atoms with Crippen molar-refractivity contribution < 1.29 is 28.6 Å². The maximum atomic E-state index is 12.9. The molecular weight excluding hydrogens is 973 g/mol. The van der Waals surface area contributed by atoms with Gasteiger partial charge in [-0.15, -0.1) is 0 Å². The van der Waals surface area contributed by atoms with Gasteiger partial charge in [-0.3, -0.25) is 14.4 Å². The Balaban J connectivity index is 4.31. The third-order valence-electron chi connectivity index (χ3n) is 14.0. The molecule has 6 heteroatoms. The molecule has 0 aliphatic heterocycles. The van der Waals surface area contributed by atoms with Crippen molar-refractivity contribution in [2.24, 2.45) is 0 Å². The smallest absolute Gasteiger partial charge is 0.306 e. The second-order valence-corrected chi connectivity index (χ2v) is 21.6. The molecule has 0 aliphatic rings. The van der Waals surface area contributed by atoms with E-state index in [1.165, 1.54) is 116 Å². The van der Waals surface area contributed by atoms with Crippen molar-refractivity contribution in [3.63, 3.8) is 0 Å². The zero-order valence-electron chi connectivity index (χ0n) is 51.6. The van der Waals surface area contributed by atoms with Gasteiger partial charge in [-0.2, -0.15) is 0 Å². The van der Waals surface area contributed by atoms with Crippen LogP contribution in [0.25, 0.3) is 0 Å². The molecule has 79 heavy (non-hydrogen) atoms. The van der Waals surface area contributed by atoms with E-state index in [0.29, 0.717) is 19.3 Å². The first-order chi connectivity index (χ1) is 39.0. The third-order valence-corrected chi connectivity index (χ3v) is 14.0. The lowest BCUT2D eigenvalue weighted by molar-refractivity contribution is -0.167. The van der Waals surface area contributed by atoms with Gasteiger partial charge in [-0.25, -0.2) is 0 Å². The Morgan fingerprint density at radius 3 is 0.785 bits per heavy atom. The summed E-state index contributed by atoms with van der Waals surface area (Å²) < 4.78 is 16.9. The summed E-state index contributed by atoms with van der Waals surface area (Å²) >= 11 is 0. The number of unbranched alkanes of at least 4 members (excludes halogenated alkanes) is 28. The van der Waals surface area contributed by atoms with Crippen LogP contribution in [0, 0.1) is 0 Å². The first-order valence-electron chi connectivity index (χ1n) is 33.0. The van der Waals surface area contributed by atoms with Crippen LogP contribution in [-0.2, 0) is 28.6 Å². The number of carbonyl (C=O) groups is 3. The Bertz CT molecular complexity index is 1640. The summed E-state index contributed by atoms with van der Waals surface area (Å²) in [7, 11) is 0. The average molecular weight is 1100 g/mol. The van der Waals surface area contributed by atoms with Crippen LogP contribution in [0.2, 0.25) is 0 Å². The quantitative estimate of drug-likeness (QED) is 0.0261. The van der Waals surface area contributed by atoms with Crippen LogP contribution in [0.4, 0.5) is 0 Å². The molecule has 0 bridgehead atoms. The number of ether oxygens (including phenoxy) is 3. The van der Waals surface area contributed by atoms with Gasteiger partial charge >= 0.3 is 17.9 Å². The van der Waals surface area contributed by atoms with Gasteiger partial charge in [0.1, 0.15) is 13.2 Å². The van der Waals surface area contributed by atoms with E-state index < -0.39 is 6.10 Å². The van der Waals surface area contributed by atoms with Crippen molar-refractivity contribution in [1.82, 2.24) is 0 Å². The van der Waals surface area contributed by atoms with E-state index in [1.807, 2.05) is 0 Å². The maximum absolute atomic E-state index is 12.9. The number of allylic oxidation sites excluding steroid dienone is 20. The van der Waals surface area contributed by atoms with Crippen LogP contribution >= 0.6 is 0 Å². The highest BCUT2D eigenvalue weighted by Crippen LogP contribution is 2.16. The first-order valence-corrected chi connectivity index (χ1v) is 33.0. The monoisotopic (exact) mass is 1090 g/mol. The molecule has 1 atom stereocenters. The van der Waals surface area contributed by atoms with Crippen molar-refractivity contribution in [3.8, 4) is 0 Å². The highest BCUT2D eigenvalue weighted by Gasteiger charge is 2.19. The van der Waals surface area contributed by atoms with Crippen LogP contribution in [-0.4, -0.2) is 37.2 Å². The molecule has 450 valence electrons. The maximum Gasteiger partial charge on any atom is 0.306 e. The number of esters is 3. The van der Waals surface area contributed by atoms with Gasteiger partial charge in [0.05, 0.1) is 0 Å². The van der Waals surface area contributed by atoms with E-state index in [0.717, 1.165) is 148 Å². The van der Waals surface area contributed by atoms with Crippen LogP contribution < -0.4 is 0 Å². The lowest BCUT2D eigenvalue weighted by Gasteiger charge is -2.18. The average Bonchev–Trinajstić information content (AvgIpc) is 3.45. The van der Waals surface area contributed by atoms with Crippen molar-refractivity contribution in [2.75, 3.05) is 13.2 Å². The molecule has 0 N–H and O–H groups in total. The molecule has 0 aromatic rings. The zero-order valence-corrected chi connectivity index (χ0v) is 51.6. The molecule has 0 rings (SSSR count). The molecule has 0 saturated carbocycles. The second-order valence-electron chi connectivity index (χ2n) is 21.6. The normalized spacial score (nSPS) is 12.9. The topological polar surface area (TPSA) is 78.9 Å². The van der Waals surface area contributed by atoms with E-state index in [1.54, 1.807) is 0 Å². The fourth-order valence-corrected chi connectivity index (χ4v) is 9.02. The predicted molar refractivity (Wildman–Crippen MR) is 343 cm³/mol. The lowest BCUT2D eigenvalue weighted by Crippen LogP contribution is -2.30. The second kappa shape index (κ2) is 66.3. The number of rotatable bonds is 59. The van der Waals surface area contributed by atoms with Gasteiger partial charge in [0.2, 0.25) is 0 Å². The van der Waals surface area contributed by atoms with Gasteiger partial charge < -0.3 is 14.2 Å². The summed E-state index contributed by atoms with van der Waals surface area (Å²) in [5, 5.41) is 0. The van der Waals surface area contributed by atoms with E-state index >= 15 is 0 Å². The van der Waals surface area contributed by atoms with Gasteiger partial charge in [0, 0.05) is 19.3 Å². The van der Waals surface area contributed by atoms with Gasteiger partial charge in [0.15, 0.2) is 6.10 Å². The van der Waals surface area contributed by atoms with E-state index in [-0.39, 0.29) is 31.1 Å². The zero-order chi connectivity index (χ0) is 57.1. The number of hydrogen-bond donors (Lipinski definition) is 0. The number of hydrogen-bond acceptors (Lipinski definition) is 6. The van der Waals surface area contributed by atoms with Crippen molar-refractivity contribution in [1.29, 1.82) is 0 Å². The molecule has 6 nitrogen and oxygen atoms in total. The molecule has 0 saturated heterocycles. The lowest BCUT2D eigenvalue weighted by atomic mass is 10.0. The van der Waals surface area contributed by atoms with Crippen LogP contribution in [0.15, 0.2) is 122 Å². The highest BCUT2D eigenvalue weighted by atomic mass is 16.6. The highest BCUT2D eigenvalue weighted by molar-refractivity contribution is 5.71. The summed E-state index contributed by atoms with van der Waals surface area (Å²) in [6, 6.07) is 0. The molecule has 0 radical (unpaired) electrons. The minimum Gasteiger partial charge on any atom is -0.462 e. The summed E-state index contributed by atoms with van der Waals surface area (Å²) in [6.07, 6.45) is 92.1. The van der Waals surface area contributed by atoms with Gasteiger partial charge in [-0.05, 0) is 116 Å². The van der Waals surface area contributed by atoms with Crippen molar-refractivity contribution in [3.05, 3.63) is 122 Å². The number of carbonyl (C=O) groups excluding carboxylic acids is 3. The van der Waals surface area contributed by atoms with Crippen LogP contribution in [0.3, 0.4) is 0 Å². The van der Waals surface area contributed by atoms with Crippen molar-refractivity contribution in [2.45, 2.75) is 309 Å². The van der Waals surface area contributed by atoms with E-state index in [4.69, 9.17) is 14.2 Å². The Kier molecular flexibility index (Phi) is 62.8. The molecule has 0 spiro atoms. The first kappa shape index (κ1) is 74.8. The van der Waals surface area contributed by atoms with E-state index in [2.05, 4.69) is 142 Å². The molecule has 0 aromatic heterocycles. The summed E-state index contributed by atoms with van der Waals surface area (Å²) in [6.45, 7) is 6.51. The summed E-state index contributed by atoms with van der Waals surface area (Å²) in [5.41, 5.74) is 0. The van der Waals surface area contributed by atoms with Gasteiger partial charge in [-0.1, -0.05) is 290 Å². The standard InChI is InChI=1S/C73H122O6/c1-4-7-10-13-16-19-22-25-28-29-30-31-32-33-34-35-36-37-38-39-40-41-42-43-44-45-46-49-51-54-57-60-63-66-72(75)78-69-70(79-73(76)67-64-61-58-55-52-48-27-24-21-18-15-12-9-6-3)68-77-71(74)65-62-59-56-53-50-47-26-23-20-17-14-11-8-5-2/h7,10,16,19,24-25,27-28,30-31,33-34,36-37,39-40,42-43,45-46,70H,4-6,8-9,11-15,17-18,20-23,26,29,32,35,38,41,44,47-69H2,1-3H3/b10-7-,19-16-,27-24-,28-25-,31-30-,34-33-,37-36-,40-39-,43-42-,46-45-. The van der Waals surface area contributed by atoms with E-state index in [9.17, 15) is 14.4 Å². The molecule has 1 unspecified atom stereocenters. The summed E-state index contributed by atoms with van der Waals surface area (Å²) in [5.74, 6) is -0.908. The molecular formula is C73H122O6. The molecule has 0 fully saturated rings. The summed E-state index contributed by atoms with van der Waals surface area (Å²) in [4.78, 5) is 38.3. The predicted octanol–water partition coefficient (Wildman–Crippen LogP) is 22.8. The molecule has 0 heterocycles. The van der Waals surface area contributed by atoms with Gasteiger partial charge in [0.25, 0.3) is 0 Å².